The Kier molecular flexibility index (Phi) is 7.03. The molecule has 8 heteroatoms. The van der Waals surface area contributed by atoms with Gasteiger partial charge in [0.15, 0.2) is 0 Å². The maximum absolute atomic E-state index is 11.3. The normalized spacial score (nSPS) is 15.2. The van der Waals surface area contributed by atoms with Crippen LogP contribution in [0.2, 0.25) is 0 Å². The van der Waals surface area contributed by atoms with Gasteiger partial charge in [0.2, 0.25) is 0 Å². The molecule has 1 saturated carbocycles. The summed E-state index contributed by atoms with van der Waals surface area (Å²) in [5, 5.41) is 85.8. The Hall–Kier alpha value is -4.72. The molecule has 0 heterocycles. The van der Waals surface area contributed by atoms with Crippen LogP contribution in [0.1, 0.15) is 67.2 Å². The van der Waals surface area contributed by atoms with Crippen molar-refractivity contribution in [1.82, 2.24) is 0 Å². The minimum Gasteiger partial charge on any atom is -0.508 e. The van der Waals surface area contributed by atoms with Gasteiger partial charge >= 0.3 is 0 Å². The fraction of sp³-hybridized carbons (Fsp3) is 0.273. The molecule has 0 unspecified atom stereocenters. The highest BCUT2D eigenvalue weighted by atomic mass is 16.3. The first-order valence-corrected chi connectivity index (χ1v) is 13.6. The van der Waals surface area contributed by atoms with Crippen molar-refractivity contribution >= 4 is 0 Å². The van der Waals surface area contributed by atoms with E-state index in [4.69, 9.17) is 0 Å². The first-order valence-electron chi connectivity index (χ1n) is 13.6. The van der Waals surface area contributed by atoms with Crippen LogP contribution in [0.5, 0.6) is 46.0 Å². The number of hydrogen-bond donors (Lipinski definition) is 8. The molecule has 214 valence electrons. The van der Waals surface area contributed by atoms with E-state index >= 15 is 0 Å². The van der Waals surface area contributed by atoms with E-state index in [1.807, 2.05) is 6.92 Å². The zero-order valence-electron chi connectivity index (χ0n) is 22.6. The first kappa shape index (κ1) is 27.8. The van der Waals surface area contributed by atoms with Gasteiger partial charge in [0.1, 0.15) is 46.0 Å². The molecular weight excluding hydrogens is 524 g/mol. The van der Waals surface area contributed by atoms with Gasteiger partial charge in [-0.1, -0.05) is 50.5 Å². The minimum atomic E-state index is -1.25. The standard InChI is InChI=1S/C33H34O8/c1-32(25-11-7-21(36)17-29(25)40,26-12-8-22(37)18-30(26)41)33(13-3-2-4-14-33)31(23-9-5-19(34)15-27(23)38)24-10-6-20(35)16-28(24)39/h5-12,15-18,31,34-41H,2-4,13-14H2,1H3. The van der Waals surface area contributed by atoms with Crippen LogP contribution in [0.3, 0.4) is 0 Å². The van der Waals surface area contributed by atoms with Crippen LogP contribution in [-0.2, 0) is 5.41 Å². The van der Waals surface area contributed by atoms with E-state index in [2.05, 4.69) is 0 Å². The third kappa shape index (κ3) is 4.59. The summed E-state index contributed by atoms with van der Waals surface area (Å²) in [5.74, 6) is -2.22. The molecule has 8 N–H and O–H groups in total. The van der Waals surface area contributed by atoms with Crippen molar-refractivity contribution in [2.75, 3.05) is 0 Å². The van der Waals surface area contributed by atoms with Crippen LogP contribution < -0.4 is 0 Å². The van der Waals surface area contributed by atoms with Gasteiger partial charge in [-0.05, 0) is 42.5 Å². The molecule has 0 bridgehead atoms. The predicted octanol–water partition coefficient (Wildman–Crippen LogP) is 6.42. The van der Waals surface area contributed by atoms with E-state index in [-0.39, 0.29) is 46.0 Å². The lowest BCUT2D eigenvalue weighted by molar-refractivity contribution is 0.0724. The molecule has 0 aromatic heterocycles. The molecule has 1 aliphatic rings. The van der Waals surface area contributed by atoms with Crippen molar-refractivity contribution in [3.05, 3.63) is 95.1 Å². The molecule has 0 aliphatic heterocycles. The summed E-state index contributed by atoms with van der Waals surface area (Å²) < 4.78 is 0. The molecule has 0 saturated heterocycles. The summed E-state index contributed by atoms with van der Waals surface area (Å²) in [7, 11) is 0. The SMILES string of the molecule is CC(c1ccc(O)cc1O)(c1ccc(O)cc1O)C1(C(c2ccc(O)cc2O)c2ccc(O)cc2O)CCCCC1. The van der Waals surface area contributed by atoms with Gasteiger partial charge in [-0.25, -0.2) is 0 Å². The van der Waals surface area contributed by atoms with Gasteiger partial charge < -0.3 is 40.9 Å². The Labute approximate surface area is 237 Å². The van der Waals surface area contributed by atoms with Gasteiger partial charge in [0.05, 0.1) is 0 Å². The van der Waals surface area contributed by atoms with Gasteiger partial charge in [-0.15, -0.1) is 0 Å². The Morgan fingerprint density at radius 3 is 1.24 bits per heavy atom. The van der Waals surface area contributed by atoms with Crippen molar-refractivity contribution in [2.45, 2.75) is 50.4 Å². The van der Waals surface area contributed by atoms with Gasteiger partial charge in [0.25, 0.3) is 0 Å². The number of phenols is 8. The van der Waals surface area contributed by atoms with Crippen molar-refractivity contribution in [3.8, 4) is 46.0 Å². The Morgan fingerprint density at radius 1 is 0.512 bits per heavy atom. The summed E-state index contributed by atoms with van der Waals surface area (Å²) >= 11 is 0. The smallest absolute Gasteiger partial charge is 0.123 e. The van der Waals surface area contributed by atoms with E-state index in [0.717, 1.165) is 19.3 Å². The fourth-order valence-corrected chi connectivity index (χ4v) is 7.14. The lowest BCUT2D eigenvalue weighted by Gasteiger charge is -2.56. The highest BCUT2D eigenvalue weighted by molar-refractivity contribution is 5.59. The second-order valence-corrected chi connectivity index (χ2v) is 11.2. The minimum absolute atomic E-state index is 0.146. The quantitative estimate of drug-likeness (QED) is 0.134. The van der Waals surface area contributed by atoms with Crippen molar-refractivity contribution in [3.63, 3.8) is 0 Å². The molecule has 5 rings (SSSR count). The second kappa shape index (κ2) is 10.4. The fourth-order valence-electron chi connectivity index (χ4n) is 7.14. The molecule has 4 aromatic rings. The van der Waals surface area contributed by atoms with Crippen LogP contribution in [0.25, 0.3) is 0 Å². The largest absolute Gasteiger partial charge is 0.508 e. The zero-order chi connectivity index (χ0) is 29.5. The third-order valence-electron chi connectivity index (χ3n) is 8.98. The lowest BCUT2D eigenvalue weighted by atomic mass is 9.46. The monoisotopic (exact) mass is 558 g/mol. The van der Waals surface area contributed by atoms with Crippen molar-refractivity contribution in [1.29, 1.82) is 0 Å². The van der Waals surface area contributed by atoms with Gasteiger partial charge in [-0.3, -0.25) is 0 Å². The maximum atomic E-state index is 11.3. The van der Waals surface area contributed by atoms with Gasteiger partial charge in [0, 0.05) is 57.9 Å². The zero-order valence-corrected chi connectivity index (χ0v) is 22.6. The van der Waals surface area contributed by atoms with E-state index in [1.165, 1.54) is 48.5 Å². The Balaban J connectivity index is 1.94. The van der Waals surface area contributed by atoms with E-state index in [1.54, 1.807) is 24.3 Å². The summed E-state index contributed by atoms with van der Waals surface area (Å²) in [4.78, 5) is 0. The van der Waals surface area contributed by atoms with E-state index in [9.17, 15) is 40.9 Å². The third-order valence-corrected chi connectivity index (χ3v) is 8.98. The predicted molar refractivity (Wildman–Crippen MR) is 153 cm³/mol. The molecule has 0 amide bonds. The molecule has 0 atom stereocenters. The molecule has 1 fully saturated rings. The molecule has 1 aliphatic carbocycles. The van der Waals surface area contributed by atoms with Crippen molar-refractivity contribution in [2.24, 2.45) is 5.41 Å². The molecule has 8 nitrogen and oxygen atoms in total. The molecule has 4 aromatic carbocycles. The van der Waals surface area contributed by atoms with Crippen LogP contribution in [0, 0.1) is 5.41 Å². The average molecular weight is 559 g/mol. The lowest BCUT2D eigenvalue weighted by Crippen LogP contribution is -2.50. The Bertz CT molecular complexity index is 1490. The Morgan fingerprint density at radius 2 is 0.878 bits per heavy atom. The molecule has 41 heavy (non-hydrogen) atoms. The van der Waals surface area contributed by atoms with Crippen LogP contribution in [0.15, 0.2) is 72.8 Å². The number of benzene rings is 4. The van der Waals surface area contributed by atoms with E-state index < -0.39 is 16.7 Å². The average Bonchev–Trinajstić information content (AvgIpc) is 2.91. The summed E-state index contributed by atoms with van der Waals surface area (Å²) in [6.07, 6.45) is 3.46. The highest BCUT2D eigenvalue weighted by Gasteiger charge is 2.58. The summed E-state index contributed by atoms with van der Waals surface area (Å²) in [6, 6.07) is 17.1. The number of rotatable bonds is 6. The maximum Gasteiger partial charge on any atom is 0.123 e. The molecule has 0 spiro atoms. The molecule has 0 radical (unpaired) electrons. The molecular formula is C33H34O8. The van der Waals surface area contributed by atoms with Crippen LogP contribution in [-0.4, -0.2) is 40.9 Å². The first-order chi connectivity index (χ1) is 19.5. The van der Waals surface area contributed by atoms with Gasteiger partial charge in [-0.2, -0.15) is 0 Å². The number of hydrogen-bond acceptors (Lipinski definition) is 8. The summed E-state index contributed by atoms with van der Waals surface area (Å²) in [5.41, 5.74) is -0.638. The van der Waals surface area contributed by atoms with E-state index in [0.29, 0.717) is 35.1 Å². The number of phenolic OH excluding ortho intramolecular Hbond substituents is 8. The summed E-state index contributed by atoms with van der Waals surface area (Å²) in [6.45, 7) is 1.87. The van der Waals surface area contributed by atoms with Crippen molar-refractivity contribution < 1.29 is 40.9 Å². The van der Waals surface area contributed by atoms with Crippen LogP contribution >= 0.6 is 0 Å². The van der Waals surface area contributed by atoms with Crippen LogP contribution in [0.4, 0.5) is 0 Å². The number of aromatic hydroxyl groups is 8. The second-order valence-electron chi connectivity index (χ2n) is 11.2. The highest BCUT2D eigenvalue weighted by Crippen LogP contribution is 2.66. The topological polar surface area (TPSA) is 162 Å².